The number of tetrazole rings is 1. The highest BCUT2D eigenvalue weighted by molar-refractivity contribution is 9.10. The quantitative estimate of drug-likeness (QED) is 0.826. The highest BCUT2D eigenvalue weighted by Crippen LogP contribution is 2.14. The average molecular weight is 310 g/mol. The van der Waals surface area contributed by atoms with Crippen LogP contribution in [0.15, 0.2) is 28.7 Å². The molecule has 1 aromatic heterocycles. The van der Waals surface area contributed by atoms with Gasteiger partial charge in [0.1, 0.15) is 0 Å². The molecule has 96 valence electrons. The molecular weight excluding hydrogens is 294 g/mol. The van der Waals surface area contributed by atoms with Crippen LogP contribution in [0.4, 0.5) is 0 Å². The topological polar surface area (TPSA) is 69.6 Å². The lowest BCUT2D eigenvalue weighted by atomic mass is 10.1. The summed E-state index contributed by atoms with van der Waals surface area (Å²) in [5.74, 6) is 0.894. The minimum Gasteiger partial charge on any atom is -0.330 e. The molecule has 0 aliphatic carbocycles. The van der Waals surface area contributed by atoms with Crippen molar-refractivity contribution in [2.24, 2.45) is 5.73 Å². The van der Waals surface area contributed by atoms with Gasteiger partial charge in [-0.25, -0.2) is 4.68 Å². The maximum atomic E-state index is 5.48. The van der Waals surface area contributed by atoms with Crippen LogP contribution in [0.25, 0.3) is 0 Å². The van der Waals surface area contributed by atoms with Gasteiger partial charge < -0.3 is 5.73 Å². The Bertz CT molecular complexity index is 497. The lowest BCUT2D eigenvalue weighted by Crippen LogP contribution is -2.08. The molecule has 0 aliphatic heterocycles. The number of rotatable bonds is 6. The Morgan fingerprint density at radius 1 is 1.28 bits per heavy atom. The van der Waals surface area contributed by atoms with Crippen molar-refractivity contribution in [1.82, 2.24) is 20.2 Å². The van der Waals surface area contributed by atoms with Crippen LogP contribution >= 0.6 is 15.9 Å². The molecule has 1 heterocycles. The monoisotopic (exact) mass is 309 g/mol. The molecule has 6 heteroatoms. The number of nitrogens with two attached hydrogens (primary N) is 1. The third kappa shape index (κ3) is 3.61. The summed E-state index contributed by atoms with van der Waals surface area (Å²) in [5, 5.41) is 11.8. The summed E-state index contributed by atoms with van der Waals surface area (Å²) in [6.07, 6.45) is 2.75. The molecule has 0 atom stereocenters. The zero-order chi connectivity index (χ0) is 12.8. The second-order valence-corrected chi connectivity index (χ2v) is 5.04. The minimum atomic E-state index is 0.711. The smallest absolute Gasteiger partial charge is 0.155 e. The van der Waals surface area contributed by atoms with Crippen LogP contribution < -0.4 is 5.73 Å². The largest absolute Gasteiger partial charge is 0.330 e. The van der Waals surface area contributed by atoms with Crippen molar-refractivity contribution in [1.29, 1.82) is 0 Å². The van der Waals surface area contributed by atoms with Gasteiger partial charge in [-0.1, -0.05) is 28.1 Å². The van der Waals surface area contributed by atoms with Gasteiger partial charge in [-0.05, 0) is 47.5 Å². The lowest BCUT2D eigenvalue weighted by molar-refractivity contribution is 0.529. The van der Waals surface area contributed by atoms with Crippen molar-refractivity contribution in [2.45, 2.75) is 25.8 Å². The second-order valence-electron chi connectivity index (χ2n) is 4.12. The van der Waals surface area contributed by atoms with E-state index in [1.54, 1.807) is 0 Å². The van der Waals surface area contributed by atoms with E-state index >= 15 is 0 Å². The zero-order valence-electron chi connectivity index (χ0n) is 10.1. The third-order valence-corrected chi connectivity index (χ3v) is 3.17. The summed E-state index contributed by atoms with van der Waals surface area (Å²) in [6, 6.07) is 8.18. The SMILES string of the molecule is NCCCCn1nnnc1Cc1cccc(Br)c1. The first-order valence-corrected chi connectivity index (χ1v) is 6.78. The summed E-state index contributed by atoms with van der Waals surface area (Å²) >= 11 is 3.46. The first-order valence-electron chi connectivity index (χ1n) is 5.99. The lowest BCUT2D eigenvalue weighted by Gasteiger charge is -2.04. The predicted molar refractivity (Wildman–Crippen MR) is 73.1 cm³/mol. The number of hydrogen-bond donors (Lipinski definition) is 1. The molecule has 0 fully saturated rings. The molecule has 2 rings (SSSR count). The molecule has 0 bridgehead atoms. The molecule has 1 aromatic carbocycles. The molecule has 0 spiro atoms. The van der Waals surface area contributed by atoms with Crippen molar-refractivity contribution < 1.29 is 0 Å². The molecule has 0 amide bonds. The van der Waals surface area contributed by atoms with Crippen LogP contribution in [0.5, 0.6) is 0 Å². The Kier molecular flexibility index (Phi) is 4.83. The number of nitrogens with zero attached hydrogens (tertiary/aromatic N) is 4. The average Bonchev–Trinajstić information content (AvgIpc) is 2.77. The normalized spacial score (nSPS) is 10.8. The van der Waals surface area contributed by atoms with Gasteiger partial charge in [0, 0.05) is 17.4 Å². The molecule has 0 unspecified atom stereocenters. The summed E-state index contributed by atoms with van der Waals surface area (Å²) < 4.78 is 2.93. The Balaban J connectivity index is 2.03. The Hall–Kier alpha value is -1.27. The molecule has 0 saturated carbocycles. The molecule has 2 N–H and O–H groups in total. The van der Waals surface area contributed by atoms with Crippen molar-refractivity contribution in [2.75, 3.05) is 6.54 Å². The fourth-order valence-corrected chi connectivity index (χ4v) is 2.21. The zero-order valence-corrected chi connectivity index (χ0v) is 11.7. The Labute approximate surface area is 115 Å². The summed E-state index contributed by atoms with van der Waals surface area (Å²) in [4.78, 5) is 0. The van der Waals surface area contributed by atoms with E-state index in [0.29, 0.717) is 6.54 Å². The van der Waals surface area contributed by atoms with E-state index in [1.165, 1.54) is 5.56 Å². The van der Waals surface area contributed by atoms with Gasteiger partial charge >= 0.3 is 0 Å². The summed E-state index contributed by atoms with van der Waals surface area (Å²) in [7, 11) is 0. The number of hydrogen-bond acceptors (Lipinski definition) is 4. The number of halogens is 1. The van der Waals surface area contributed by atoms with E-state index in [2.05, 4.69) is 43.6 Å². The number of benzene rings is 1. The van der Waals surface area contributed by atoms with E-state index in [1.807, 2.05) is 16.8 Å². The molecular formula is C12H16BrN5. The van der Waals surface area contributed by atoms with Crippen LogP contribution in [-0.4, -0.2) is 26.8 Å². The third-order valence-electron chi connectivity index (χ3n) is 2.68. The van der Waals surface area contributed by atoms with Gasteiger partial charge in [0.25, 0.3) is 0 Å². The van der Waals surface area contributed by atoms with Crippen LogP contribution in [0.1, 0.15) is 24.2 Å². The maximum absolute atomic E-state index is 5.48. The second kappa shape index (κ2) is 6.61. The van der Waals surface area contributed by atoms with Gasteiger partial charge in [0.05, 0.1) is 0 Å². The molecule has 18 heavy (non-hydrogen) atoms. The maximum Gasteiger partial charge on any atom is 0.155 e. The standard InChI is InChI=1S/C12H16BrN5/c13-11-5-3-4-10(8-11)9-12-15-16-17-18(12)7-2-1-6-14/h3-5,8H,1-2,6-7,9,14H2. The van der Waals surface area contributed by atoms with Gasteiger partial charge in [0.15, 0.2) is 5.82 Å². The van der Waals surface area contributed by atoms with Crippen molar-refractivity contribution in [3.05, 3.63) is 40.1 Å². The number of unbranched alkanes of at least 4 members (excludes halogenated alkanes) is 1. The predicted octanol–water partition coefficient (Wildman–Crippen LogP) is 1.77. The van der Waals surface area contributed by atoms with E-state index in [0.717, 1.165) is 36.1 Å². The Morgan fingerprint density at radius 2 is 2.17 bits per heavy atom. The van der Waals surface area contributed by atoms with Gasteiger partial charge in [0.2, 0.25) is 0 Å². The molecule has 0 saturated heterocycles. The molecule has 5 nitrogen and oxygen atoms in total. The van der Waals surface area contributed by atoms with Crippen LogP contribution in [-0.2, 0) is 13.0 Å². The number of aromatic nitrogens is 4. The van der Waals surface area contributed by atoms with Gasteiger partial charge in [-0.3, -0.25) is 0 Å². The summed E-state index contributed by atoms with van der Waals surface area (Å²) in [5.41, 5.74) is 6.67. The van der Waals surface area contributed by atoms with E-state index in [9.17, 15) is 0 Å². The van der Waals surface area contributed by atoms with E-state index in [-0.39, 0.29) is 0 Å². The Morgan fingerprint density at radius 3 is 2.94 bits per heavy atom. The molecule has 2 aromatic rings. The van der Waals surface area contributed by atoms with E-state index in [4.69, 9.17) is 5.73 Å². The van der Waals surface area contributed by atoms with Crippen molar-refractivity contribution in [3.63, 3.8) is 0 Å². The van der Waals surface area contributed by atoms with Crippen molar-refractivity contribution >= 4 is 15.9 Å². The van der Waals surface area contributed by atoms with E-state index < -0.39 is 0 Å². The number of aryl methyl sites for hydroxylation is 1. The van der Waals surface area contributed by atoms with Crippen LogP contribution in [0.3, 0.4) is 0 Å². The first-order chi connectivity index (χ1) is 8.79. The minimum absolute atomic E-state index is 0.711. The summed E-state index contributed by atoms with van der Waals surface area (Å²) in [6.45, 7) is 1.54. The van der Waals surface area contributed by atoms with Crippen molar-refractivity contribution in [3.8, 4) is 0 Å². The fraction of sp³-hybridized carbons (Fsp3) is 0.417. The van der Waals surface area contributed by atoms with Gasteiger partial charge in [-0.15, -0.1) is 5.10 Å². The van der Waals surface area contributed by atoms with Crippen LogP contribution in [0.2, 0.25) is 0 Å². The molecule has 0 radical (unpaired) electrons. The van der Waals surface area contributed by atoms with Gasteiger partial charge in [-0.2, -0.15) is 0 Å². The highest BCUT2D eigenvalue weighted by Gasteiger charge is 2.06. The molecule has 0 aliphatic rings. The van der Waals surface area contributed by atoms with Crippen LogP contribution in [0, 0.1) is 0 Å². The highest BCUT2D eigenvalue weighted by atomic mass is 79.9. The first kappa shape index (κ1) is 13.2. The fourth-order valence-electron chi connectivity index (χ4n) is 1.76.